The zero-order valence-corrected chi connectivity index (χ0v) is 14.5. The van der Waals surface area contributed by atoms with E-state index in [9.17, 15) is 0 Å². The molecule has 118 valence electrons. The molecule has 1 aromatic heterocycles. The molecule has 1 aliphatic heterocycles. The van der Waals surface area contributed by atoms with Crippen molar-refractivity contribution in [2.24, 2.45) is 5.92 Å². The lowest BCUT2D eigenvalue weighted by atomic mass is 9.78. The van der Waals surface area contributed by atoms with Crippen LogP contribution in [0.25, 0.3) is 0 Å². The van der Waals surface area contributed by atoms with Gasteiger partial charge in [0, 0.05) is 23.5 Å². The normalized spacial score (nSPS) is 27.5. The highest BCUT2D eigenvalue weighted by molar-refractivity contribution is 7.15. The molecule has 3 nitrogen and oxygen atoms in total. The predicted octanol–water partition coefficient (Wildman–Crippen LogP) is 4.28. The van der Waals surface area contributed by atoms with E-state index in [4.69, 9.17) is 4.98 Å². The summed E-state index contributed by atoms with van der Waals surface area (Å²) in [5.74, 6) is 0.923. The van der Waals surface area contributed by atoms with E-state index in [1.807, 2.05) is 11.3 Å². The van der Waals surface area contributed by atoms with Gasteiger partial charge in [-0.1, -0.05) is 19.8 Å². The number of piperidine rings is 1. The number of aryl methyl sites for hydroxylation is 1. The maximum atomic E-state index is 4.93. The van der Waals surface area contributed by atoms with Crippen molar-refractivity contribution in [2.75, 3.05) is 18.0 Å². The summed E-state index contributed by atoms with van der Waals surface area (Å²) in [5.41, 5.74) is 1.22. The number of hydrogen-bond acceptors (Lipinski definition) is 4. The minimum absolute atomic E-state index is 0.424. The average Bonchev–Trinajstić information content (AvgIpc) is 2.89. The highest BCUT2D eigenvalue weighted by Gasteiger charge is 2.34. The molecular formula is C17H29N3S. The van der Waals surface area contributed by atoms with Crippen molar-refractivity contribution in [1.82, 2.24) is 10.3 Å². The summed E-state index contributed by atoms with van der Waals surface area (Å²) in [5, 5.41) is 4.81. The minimum Gasteiger partial charge on any atom is -0.345 e. The van der Waals surface area contributed by atoms with Crippen molar-refractivity contribution < 1.29 is 0 Å². The van der Waals surface area contributed by atoms with Crippen LogP contribution in [0.5, 0.6) is 0 Å². The number of fused-ring (bicyclic) bond motifs is 1. The molecule has 0 spiro atoms. The van der Waals surface area contributed by atoms with Crippen LogP contribution in [0.4, 0.5) is 5.13 Å². The predicted molar refractivity (Wildman–Crippen MR) is 91.3 cm³/mol. The van der Waals surface area contributed by atoms with Gasteiger partial charge < -0.3 is 10.2 Å². The van der Waals surface area contributed by atoms with Gasteiger partial charge in [0.15, 0.2) is 5.13 Å². The molecule has 3 rings (SSSR count). The zero-order chi connectivity index (χ0) is 14.8. The molecule has 2 aliphatic rings. The molecule has 0 bridgehead atoms. The summed E-state index contributed by atoms with van der Waals surface area (Å²) < 4.78 is 0. The molecule has 0 aromatic carbocycles. The molecular weight excluding hydrogens is 278 g/mol. The van der Waals surface area contributed by atoms with Gasteiger partial charge >= 0.3 is 0 Å². The van der Waals surface area contributed by atoms with Gasteiger partial charge in [-0.05, 0) is 52.0 Å². The summed E-state index contributed by atoms with van der Waals surface area (Å²) >= 11 is 1.92. The third kappa shape index (κ3) is 3.11. The van der Waals surface area contributed by atoms with E-state index < -0.39 is 0 Å². The van der Waals surface area contributed by atoms with E-state index in [0.29, 0.717) is 6.04 Å². The number of thiazole rings is 1. The summed E-state index contributed by atoms with van der Waals surface area (Å²) in [6, 6.07) is 1.19. The van der Waals surface area contributed by atoms with Gasteiger partial charge in [0.05, 0.1) is 5.69 Å². The fourth-order valence-electron chi connectivity index (χ4n) is 4.18. The van der Waals surface area contributed by atoms with Crippen molar-refractivity contribution in [3.8, 4) is 0 Å². The summed E-state index contributed by atoms with van der Waals surface area (Å²) in [7, 11) is 0. The van der Waals surface area contributed by atoms with Gasteiger partial charge in [-0.25, -0.2) is 4.98 Å². The lowest BCUT2D eigenvalue weighted by molar-refractivity contribution is 0.243. The monoisotopic (exact) mass is 307 g/mol. The summed E-state index contributed by atoms with van der Waals surface area (Å²) in [6.07, 6.45) is 8.44. The Morgan fingerprint density at radius 2 is 2.05 bits per heavy atom. The van der Waals surface area contributed by atoms with E-state index in [1.54, 1.807) is 0 Å². The Hall–Kier alpha value is -0.610. The number of aromatic nitrogens is 1. The molecule has 4 heteroatoms. The van der Waals surface area contributed by atoms with Crippen molar-refractivity contribution in [2.45, 2.75) is 71.4 Å². The molecule has 0 amide bonds. The van der Waals surface area contributed by atoms with E-state index in [-0.39, 0.29) is 0 Å². The van der Waals surface area contributed by atoms with Crippen LogP contribution in [0.3, 0.4) is 0 Å². The largest absolute Gasteiger partial charge is 0.345 e. The first-order chi connectivity index (χ1) is 10.2. The maximum Gasteiger partial charge on any atom is 0.186 e. The molecule has 21 heavy (non-hydrogen) atoms. The van der Waals surface area contributed by atoms with E-state index in [2.05, 4.69) is 31.0 Å². The van der Waals surface area contributed by atoms with Gasteiger partial charge in [0.1, 0.15) is 0 Å². The van der Waals surface area contributed by atoms with Gasteiger partial charge in [0.2, 0.25) is 0 Å². The average molecular weight is 308 g/mol. The Balaban J connectivity index is 1.80. The van der Waals surface area contributed by atoms with Crippen molar-refractivity contribution in [3.05, 3.63) is 10.6 Å². The van der Waals surface area contributed by atoms with E-state index in [0.717, 1.165) is 18.5 Å². The van der Waals surface area contributed by atoms with Crippen LogP contribution in [-0.4, -0.2) is 24.1 Å². The lowest BCUT2D eigenvalue weighted by Crippen LogP contribution is -2.46. The number of hydrogen-bond donors (Lipinski definition) is 1. The molecule has 2 fully saturated rings. The molecule has 1 aromatic rings. The van der Waals surface area contributed by atoms with Crippen LogP contribution < -0.4 is 10.2 Å². The number of nitrogens with one attached hydrogen (secondary N) is 1. The Morgan fingerprint density at radius 3 is 2.86 bits per heavy atom. The number of nitrogens with zero attached hydrogens (tertiary/aromatic N) is 2. The Morgan fingerprint density at radius 1 is 1.29 bits per heavy atom. The SMILES string of the molecule is CCNC(C)c1sc(N2CCC[C@H]3CCCC[C@H]32)nc1C. The van der Waals surface area contributed by atoms with Crippen LogP contribution in [0.15, 0.2) is 0 Å². The first-order valence-electron chi connectivity index (χ1n) is 8.68. The first-order valence-corrected chi connectivity index (χ1v) is 9.49. The van der Waals surface area contributed by atoms with Crippen molar-refractivity contribution in [3.63, 3.8) is 0 Å². The molecule has 1 saturated carbocycles. The van der Waals surface area contributed by atoms with Gasteiger partial charge in [-0.15, -0.1) is 11.3 Å². The van der Waals surface area contributed by atoms with Crippen LogP contribution in [-0.2, 0) is 0 Å². The fourth-order valence-corrected chi connectivity index (χ4v) is 5.36. The van der Waals surface area contributed by atoms with Gasteiger partial charge in [-0.3, -0.25) is 0 Å². The minimum atomic E-state index is 0.424. The highest BCUT2D eigenvalue weighted by Crippen LogP contribution is 2.40. The van der Waals surface area contributed by atoms with Crippen LogP contribution in [0.2, 0.25) is 0 Å². The maximum absolute atomic E-state index is 4.93. The smallest absolute Gasteiger partial charge is 0.186 e. The van der Waals surface area contributed by atoms with Gasteiger partial charge in [-0.2, -0.15) is 0 Å². The second-order valence-electron chi connectivity index (χ2n) is 6.67. The number of rotatable bonds is 4. The second-order valence-corrected chi connectivity index (χ2v) is 7.68. The third-order valence-corrected chi connectivity index (χ3v) is 6.59. The molecule has 0 radical (unpaired) electrons. The third-order valence-electron chi connectivity index (χ3n) is 5.21. The lowest BCUT2D eigenvalue weighted by Gasteiger charge is -2.44. The standard InChI is InChI=1S/C17H29N3S/c1-4-18-12(2)16-13(3)19-17(21-16)20-11-7-9-14-8-5-6-10-15(14)20/h12,14-15,18H,4-11H2,1-3H3/t12?,14-,15-/m1/s1. The molecule has 3 atom stereocenters. The summed E-state index contributed by atoms with van der Waals surface area (Å²) in [4.78, 5) is 9.00. The molecule has 2 heterocycles. The van der Waals surface area contributed by atoms with Crippen molar-refractivity contribution in [1.29, 1.82) is 0 Å². The van der Waals surface area contributed by atoms with Crippen LogP contribution in [0, 0.1) is 12.8 Å². The molecule has 1 aliphatic carbocycles. The molecule has 1 saturated heterocycles. The Labute approximate surface area is 133 Å². The number of anilines is 1. The Kier molecular flexibility index (Phi) is 4.85. The quantitative estimate of drug-likeness (QED) is 0.900. The van der Waals surface area contributed by atoms with Crippen molar-refractivity contribution >= 4 is 16.5 Å². The Bertz CT molecular complexity index is 469. The zero-order valence-electron chi connectivity index (χ0n) is 13.7. The van der Waals surface area contributed by atoms with E-state index >= 15 is 0 Å². The topological polar surface area (TPSA) is 28.2 Å². The second kappa shape index (κ2) is 6.66. The summed E-state index contributed by atoms with van der Waals surface area (Å²) in [6.45, 7) is 8.83. The van der Waals surface area contributed by atoms with E-state index in [1.165, 1.54) is 60.8 Å². The molecule has 1 unspecified atom stereocenters. The van der Waals surface area contributed by atoms with Gasteiger partial charge in [0.25, 0.3) is 0 Å². The fraction of sp³-hybridized carbons (Fsp3) is 0.824. The first kappa shape index (κ1) is 15.3. The molecule has 1 N–H and O–H groups in total. The van der Waals surface area contributed by atoms with Crippen LogP contribution in [0.1, 0.15) is 69.0 Å². The highest BCUT2D eigenvalue weighted by atomic mass is 32.1. The van der Waals surface area contributed by atoms with Crippen LogP contribution >= 0.6 is 11.3 Å².